The number of rotatable bonds is 11. The van der Waals surface area contributed by atoms with Gasteiger partial charge in [-0.3, -0.25) is 4.79 Å². The van der Waals surface area contributed by atoms with Gasteiger partial charge in [-0.05, 0) is 56.4 Å². The lowest BCUT2D eigenvalue weighted by atomic mass is 9.89. The molecule has 0 atom stereocenters. The van der Waals surface area contributed by atoms with Crippen molar-refractivity contribution in [2.75, 3.05) is 13.2 Å². The van der Waals surface area contributed by atoms with Crippen molar-refractivity contribution in [1.29, 1.82) is 0 Å². The van der Waals surface area contributed by atoms with Crippen molar-refractivity contribution in [3.05, 3.63) is 59.9 Å². The first kappa shape index (κ1) is 23.3. The van der Waals surface area contributed by atoms with E-state index < -0.39 is 0 Å². The van der Waals surface area contributed by atoms with E-state index in [1.54, 1.807) is 0 Å². The number of hydrogen-bond acceptors (Lipinski definition) is 3. The van der Waals surface area contributed by atoms with E-state index in [0.717, 1.165) is 74.3 Å². The van der Waals surface area contributed by atoms with Crippen molar-refractivity contribution in [3.63, 3.8) is 0 Å². The van der Waals surface area contributed by atoms with Gasteiger partial charge in [0.2, 0.25) is 5.91 Å². The first-order chi connectivity index (χ1) is 16.2. The van der Waals surface area contributed by atoms with Gasteiger partial charge in [0.05, 0.1) is 17.6 Å². The van der Waals surface area contributed by atoms with Gasteiger partial charge in [0.1, 0.15) is 18.2 Å². The second-order valence-corrected chi connectivity index (χ2v) is 9.22. The van der Waals surface area contributed by atoms with E-state index in [1.807, 2.05) is 24.3 Å². The van der Waals surface area contributed by atoms with Crippen LogP contribution < -0.4 is 10.1 Å². The van der Waals surface area contributed by atoms with Crippen LogP contribution >= 0.6 is 0 Å². The Morgan fingerprint density at radius 1 is 1.03 bits per heavy atom. The van der Waals surface area contributed by atoms with Gasteiger partial charge < -0.3 is 14.6 Å². The lowest BCUT2D eigenvalue weighted by molar-refractivity contribution is -0.125. The highest BCUT2D eigenvalue weighted by molar-refractivity contribution is 5.78. The molecule has 1 heterocycles. The van der Waals surface area contributed by atoms with Crippen LogP contribution in [0.15, 0.2) is 48.5 Å². The van der Waals surface area contributed by atoms with Crippen LogP contribution in [0.1, 0.15) is 62.8 Å². The minimum Gasteiger partial charge on any atom is -0.491 e. The van der Waals surface area contributed by atoms with Gasteiger partial charge in [-0.25, -0.2) is 4.98 Å². The second kappa shape index (κ2) is 11.9. The lowest BCUT2D eigenvalue weighted by Crippen LogP contribution is -2.32. The Hall–Kier alpha value is -2.82. The standard InChI is InChI=1S/C28H37N3O2/c1-22-12-7-10-17-26(22)33-21-20-31-25-16-9-8-15-24(25)30-27(31)18-6-3-11-19-29-28(32)23-13-4-2-5-14-23/h7-10,12,15-17,23H,2-6,11,13-14,18-21H2,1H3,(H,29,32). The molecule has 5 nitrogen and oxygen atoms in total. The molecule has 5 heteroatoms. The summed E-state index contributed by atoms with van der Waals surface area (Å²) in [6, 6.07) is 16.5. The van der Waals surface area contributed by atoms with E-state index in [0.29, 0.717) is 6.61 Å². The van der Waals surface area contributed by atoms with E-state index in [9.17, 15) is 4.79 Å². The van der Waals surface area contributed by atoms with Crippen LogP contribution in [0.4, 0.5) is 0 Å². The van der Waals surface area contributed by atoms with Gasteiger partial charge >= 0.3 is 0 Å². The average molecular weight is 448 g/mol. The summed E-state index contributed by atoms with van der Waals surface area (Å²) in [5, 5.41) is 3.16. The average Bonchev–Trinajstić information content (AvgIpc) is 3.20. The summed E-state index contributed by atoms with van der Waals surface area (Å²) in [6.07, 6.45) is 9.95. The molecule has 3 aromatic rings. The number of nitrogens with one attached hydrogen (secondary N) is 1. The number of amides is 1. The maximum Gasteiger partial charge on any atom is 0.223 e. The minimum atomic E-state index is 0.251. The Morgan fingerprint density at radius 3 is 2.67 bits per heavy atom. The highest BCUT2D eigenvalue weighted by Gasteiger charge is 2.20. The Bertz CT molecular complexity index is 1040. The summed E-state index contributed by atoms with van der Waals surface area (Å²) in [4.78, 5) is 17.2. The third-order valence-electron chi connectivity index (χ3n) is 6.75. The molecule has 1 fully saturated rings. The van der Waals surface area contributed by atoms with Crippen LogP contribution in [0.3, 0.4) is 0 Å². The normalized spacial score (nSPS) is 14.5. The predicted molar refractivity (Wildman–Crippen MR) is 134 cm³/mol. The number of nitrogens with zero attached hydrogens (tertiary/aromatic N) is 2. The number of unbranched alkanes of at least 4 members (excludes halogenated alkanes) is 2. The molecule has 1 saturated carbocycles. The van der Waals surface area contributed by atoms with Gasteiger partial charge in [0.25, 0.3) is 0 Å². The fraction of sp³-hybridized carbons (Fsp3) is 0.500. The molecule has 1 amide bonds. The summed E-state index contributed by atoms with van der Waals surface area (Å²) < 4.78 is 8.36. The molecule has 176 valence electrons. The summed E-state index contributed by atoms with van der Waals surface area (Å²) in [7, 11) is 0. The molecule has 0 aliphatic heterocycles. The van der Waals surface area contributed by atoms with Crippen molar-refractivity contribution in [3.8, 4) is 5.75 Å². The first-order valence-electron chi connectivity index (χ1n) is 12.6. The Balaban J connectivity index is 1.25. The minimum absolute atomic E-state index is 0.251. The van der Waals surface area contributed by atoms with E-state index in [4.69, 9.17) is 9.72 Å². The molecule has 1 N–H and O–H groups in total. The first-order valence-corrected chi connectivity index (χ1v) is 12.6. The molecule has 1 aliphatic carbocycles. The number of aryl methyl sites for hydroxylation is 2. The zero-order valence-corrected chi connectivity index (χ0v) is 19.9. The van der Waals surface area contributed by atoms with Crippen LogP contribution in [0, 0.1) is 12.8 Å². The molecule has 0 unspecified atom stereocenters. The number of imidazole rings is 1. The largest absolute Gasteiger partial charge is 0.491 e. The van der Waals surface area contributed by atoms with Crippen LogP contribution in [0.25, 0.3) is 11.0 Å². The molecule has 0 radical (unpaired) electrons. The Kier molecular flexibility index (Phi) is 8.40. The number of para-hydroxylation sites is 3. The van der Waals surface area contributed by atoms with E-state index in [-0.39, 0.29) is 11.8 Å². The van der Waals surface area contributed by atoms with Gasteiger partial charge in [-0.1, -0.05) is 56.0 Å². The lowest BCUT2D eigenvalue weighted by Gasteiger charge is -2.20. The van der Waals surface area contributed by atoms with Crippen LogP contribution in [0.5, 0.6) is 5.75 Å². The smallest absolute Gasteiger partial charge is 0.223 e. The fourth-order valence-corrected chi connectivity index (χ4v) is 4.84. The SMILES string of the molecule is Cc1ccccc1OCCn1c(CCCCCNC(=O)C2CCCCC2)nc2ccccc21. The number of benzene rings is 2. The summed E-state index contributed by atoms with van der Waals surface area (Å²) >= 11 is 0. The second-order valence-electron chi connectivity index (χ2n) is 9.22. The number of ether oxygens (including phenoxy) is 1. The van der Waals surface area contributed by atoms with Crippen molar-refractivity contribution in [1.82, 2.24) is 14.9 Å². The fourth-order valence-electron chi connectivity index (χ4n) is 4.84. The highest BCUT2D eigenvalue weighted by atomic mass is 16.5. The summed E-state index contributed by atoms with van der Waals surface area (Å²) in [5.41, 5.74) is 3.37. The van der Waals surface area contributed by atoms with E-state index in [1.165, 1.54) is 24.8 Å². The van der Waals surface area contributed by atoms with Crippen LogP contribution in [-0.2, 0) is 17.8 Å². The van der Waals surface area contributed by atoms with Gasteiger partial charge in [0.15, 0.2) is 0 Å². The number of carbonyl (C=O) groups is 1. The number of fused-ring (bicyclic) bond motifs is 1. The predicted octanol–water partition coefficient (Wildman–Crippen LogP) is 5.83. The molecule has 4 rings (SSSR count). The van der Waals surface area contributed by atoms with Crippen molar-refractivity contribution in [2.45, 2.75) is 71.3 Å². The van der Waals surface area contributed by atoms with Crippen LogP contribution in [0.2, 0.25) is 0 Å². The maximum absolute atomic E-state index is 12.3. The highest BCUT2D eigenvalue weighted by Crippen LogP contribution is 2.23. The van der Waals surface area contributed by atoms with Crippen molar-refractivity contribution >= 4 is 16.9 Å². The van der Waals surface area contributed by atoms with Crippen molar-refractivity contribution in [2.24, 2.45) is 5.92 Å². The summed E-state index contributed by atoms with van der Waals surface area (Å²) in [6.45, 7) is 4.26. The molecular weight excluding hydrogens is 410 g/mol. The maximum atomic E-state index is 12.3. The third-order valence-corrected chi connectivity index (χ3v) is 6.75. The van der Waals surface area contributed by atoms with Crippen molar-refractivity contribution < 1.29 is 9.53 Å². The molecule has 33 heavy (non-hydrogen) atoms. The summed E-state index contributed by atoms with van der Waals surface area (Å²) in [5.74, 6) is 2.58. The zero-order valence-electron chi connectivity index (χ0n) is 19.9. The van der Waals surface area contributed by atoms with Gasteiger partial charge in [0, 0.05) is 18.9 Å². The van der Waals surface area contributed by atoms with Gasteiger partial charge in [-0.15, -0.1) is 0 Å². The monoisotopic (exact) mass is 447 g/mol. The molecule has 1 aliphatic rings. The van der Waals surface area contributed by atoms with E-state index in [2.05, 4.69) is 41.1 Å². The Labute approximate surface area is 197 Å². The van der Waals surface area contributed by atoms with Gasteiger partial charge in [-0.2, -0.15) is 0 Å². The molecular formula is C28H37N3O2. The van der Waals surface area contributed by atoms with Crippen LogP contribution in [-0.4, -0.2) is 28.6 Å². The molecule has 1 aromatic heterocycles. The molecule has 2 aromatic carbocycles. The number of hydrogen-bond donors (Lipinski definition) is 1. The Morgan fingerprint density at radius 2 is 1.82 bits per heavy atom. The molecule has 0 saturated heterocycles. The molecule has 0 bridgehead atoms. The number of aromatic nitrogens is 2. The quantitative estimate of drug-likeness (QED) is 0.376. The number of carbonyl (C=O) groups excluding carboxylic acids is 1. The third kappa shape index (κ3) is 6.37. The topological polar surface area (TPSA) is 56.1 Å². The van der Waals surface area contributed by atoms with E-state index >= 15 is 0 Å². The molecule has 0 spiro atoms. The zero-order chi connectivity index (χ0) is 22.9.